The van der Waals surface area contributed by atoms with Crippen LogP contribution in [0.25, 0.3) is 0 Å². The van der Waals surface area contributed by atoms with E-state index < -0.39 is 23.8 Å². The molecule has 3 rings (SSSR count). The van der Waals surface area contributed by atoms with Gasteiger partial charge in [0, 0.05) is 35.0 Å². The van der Waals surface area contributed by atoms with Crippen LogP contribution in [0.2, 0.25) is 5.02 Å². The number of carbonyl (C=O) groups excluding carboxylic acids is 3. The quantitative estimate of drug-likeness (QED) is 0.407. The second-order valence-corrected chi connectivity index (χ2v) is 8.15. The molecule has 0 saturated heterocycles. The van der Waals surface area contributed by atoms with Crippen LogP contribution in [0.3, 0.4) is 0 Å². The van der Waals surface area contributed by atoms with Crippen LogP contribution in [0.5, 0.6) is 0 Å². The molecule has 1 aromatic rings. The lowest BCUT2D eigenvalue weighted by atomic mass is 9.69. The molecule has 0 aromatic heterocycles. The predicted octanol–water partition coefficient (Wildman–Crippen LogP) is 3.14. The lowest BCUT2D eigenvalue weighted by Gasteiger charge is -2.38. The molecule has 8 heteroatoms. The van der Waals surface area contributed by atoms with Gasteiger partial charge in [0.05, 0.1) is 19.3 Å². The second-order valence-electron chi connectivity index (χ2n) is 7.72. The van der Waals surface area contributed by atoms with Crippen molar-refractivity contribution in [3.63, 3.8) is 0 Å². The number of hydrogen-bond acceptors (Lipinski definition) is 7. The van der Waals surface area contributed by atoms with Gasteiger partial charge in [0.25, 0.3) is 0 Å². The smallest absolute Gasteiger partial charge is 0.336 e. The topological polar surface area (TPSA) is 90.9 Å². The zero-order valence-corrected chi connectivity index (χ0v) is 18.7. The highest BCUT2D eigenvalue weighted by Crippen LogP contribution is 2.45. The summed E-state index contributed by atoms with van der Waals surface area (Å²) in [5.41, 5.74) is 2.74. The highest BCUT2D eigenvalue weighted by Gasteiger charge is 2.47. The summed E-state index contributed by atoms with van der Waals surface area (Å²) in [6.45, 7) is 3.96. The fraction of sp³-hybridized carbons (Fsp3) is 0.435. The highest BCUT2D eigenvalue weighted by atomic mass is 35.5. The van der Waals surface area contributed by atoms with Crippen LogP contribution < -0.4 is 5.32 Å². The summed E-state index contributed by atoms with van der Waals surface area (Å²) >= 11 is 6.06. The van der Waals surface area contributed by atoms with Gasteiger partial charge < -0.3 is 19.5 Å². The predicted molar refractivity (Wildman–Crippen MR) is 114 cm³/mol. The molecule has 0 bridgehead atoms. The van der Waals surface area contributed by atoms with Crippen LogP contribution in [-0.2, 0) is 28.6 Å². The van der Waals surface area contributed by atoms with E-state index in [1.807, 2.05) is 6.92 Å². The third-order valence-electron chi connectivity index (χ3n) is 5.69. The van der Waals surface area contributed by atoms with Crippen molar-refractivity contribution in [2.75, 3.05) is 27.4 Å². The van der Waals surface area contributed by atoms with Crippen LogP contribution in [0, 0.1) is 11.8 Å². The summed E-state index contributed by atoms with van der Waals surface area (Å²) in [7, 11) is 2.79. The van der Waals surface area contributed by atoms with E-state index >= 15 is 0 Å². The van der Waals surface area contributed by atoms with E-state index in [2.05, 4.69) is 5.32 Å². The molecule has 1 aliphatic carbocycles. The number of esters is 2. The molecular weight excluding hydrogens is 422 g/mol. The molecule has 7 nitrogen and oxygen atoms in total. The maximum Gasteiger partial charge on any atom is 0.336 e. The molecule has 0 saturated carbocycles. The Morgan fingerprint density at radius 3 is 2.45 bits per heavy atom. The first-order chi connectivity index (χ1) is 14.8. The van der Waals surface area contributed by atoms with Crippen molar-refractivity contribution in [1.29, 1.82) is 0 Å². The van der Waals surface area contributed by atoms with Gasteiger partial charge in [-0.3, -0.25) is 9.59 Å². The van der Waals surface area contributed by atoms with Crippen LogP contribution in [-0.4, -0.2) is 45.2 Å². The monoisotopic (exact) mass is 447 g/mol. The van der Waals surface area contributed by atoms with Gasteiger partial charge in [-0.25, -0.2) is 4.79 Å². The average Bonchev–Trinajstić information content (AvgIpc) is 2.73. The molecule has 31 heavy (non-hydrogen) atoms. The molecule has 1 heterocycles. The third-order valence-corrected chi connectivity index (χ3v) is 5.94. The number of halogens is 1. The minimum Gasteiger partial charge on any atom is -0.468 e. The summed E-state index contributed by atoms with van der Waals surface area (Å²) in [6.07, 6.45) is 0.480. The van der Waals surface area contributed by atoms with Gasteiger partial charge in [-0.15, -0.1) is 0 Å². The second kappa shape index (κ2) is 9.66. The summed E-state index contributed by atoms with van der Waals surface area (Å²) in [6, 6.07) is 6.96. The molecule has 0 fully saturated rings. The van der Waals surface area contributed by atoms with Gasteiger partial charge in [0.2, 0.25) is 0 Å². The maximum absolute atomic E-state index is 13.5. The Bertz CT molecular complexity index is 949. The van der Waals surface area contributed by atoms with Gasteiger partial charge >= 0.3 is 11.9 Å². The number of carbonyl (C=O) groups is 3. The number of nitrogens with one attached hydrogen (secondary N) is 1. The molecule has 166 valence electrons. The summed E-state index contributed by atoms with van der Waals surface area (Å²) in [5.74, 6) is -3.31. The fourth-order valence-electron chi connectivity index (χ4n) is 4.24. The normalized spacial score (nSPS) is 23.3. The number of hydrogen-bond donors (Lipinski definition) is 1. The Labute approximate surface area is 186 Å². The minimum absolute atomic E-state index is 0.0844. The Hall–Kier alpha value is -2.64. The van der Waals surface area contributed by atoms with E-state index in [0.29, 0.717) is 39.5 Å². The summed E-state index contributed by atoms with van der Waals surface area (Å²) in [4.78, 5) is 38.9. The SMILES string of the molecule is COCCOC(=O)C1=C(C)NC2=C(C(=O)C(C(=O)OC)C(C)C2)C1c1ccc(Cl)cc1. The Morgan fingerprint density at radius 1 is 1.16 bits per heavy atom. The number of dihydropyridines is 1. The molecule has 3 atom stereocenters. The number of methoxy groups -OCH3 is 2. The fourth-order valence-corrected chi connectivity index (χ4v) is 4.36. The molecule has 2 aliphatic rings. The zero-order valence-electron chi connectivity index (χ0n) is 18.0. The van der Waals surface area contributed by atoms with Crippen LogP contribution in [0.1, 0.15) is 31.7 Å². The number of benzene rings is 1. The average molecular weight is 448 g/mol. The van der Waals surface area contributed by atoms with E-state index in [1.165, 1.54) is 14.2 Å². The number of rotatable bonds is 6. The van der Waals surface area contributed by atoms with Crippen LogP contribution in [0.4, 0.5) is 0 Å². The van der Waals surface area contributed by atoms with Crippen LogP contribution in [0.15, 0.2) is 46.8 Å². The third kappa shape index (κ3) is 4.52. The van der Waals surface area contributed by atoms with Gasteiger partial charge in [-0.2, -0.15) is 0 Å². The molecule has 0 amide bonds. The first-order valence-corrected chi connectivity index (χ1v) is 10.4. The highest BCUT2D eigenvalue weighted by molar-refractivity contribution is 6.30. The Kier molecular flexibility index (Phi) is 7.18. The van der Waals surface area contributed by atoms with Crippen molar-refractivity contribution < 1.29 is 28.6 Å². The zero-order chi connectivity index (χ0) is 22.7. The van der Waals surface area contributed by atoms with E-state index in [-0.39, 0.29) is 24.9 Å². The molecular formula is C23H26ClNO6. The Balaban J connectivity index is 2.11. The number of Topliss-reactive ketones (excluding diaryl/α,β-unsaturated/α-hetero) is 1. The number of ketones is 1. The summed E-state index contributed by atoms with van der Waals surface area (Å²) < 4.78 is 15.2. The molecule has 3 unspecified atom stereocenters. The molecule has 1 aromatic carbocycles. The van der Waals surface area contributed by atoms with E-state index in [1.54, 1.807) is 31.2 Å². The molecule has 0 radical (unpaired) electrons. The van der Waals surface area contributed by atoms with Gasteiger partial charge in [0.1, 0.15) is 12.5 Å². The number of ether oxygens (including phenoxy) is 3. The van der Waals surface area contributed by atoms with Crippen molar-refractivity contribution in [3.05, 3.63) is 57.4 Å². The largest absolute Gasteiger partial charge is 0.468 e. The van der Waals surface area contributed by atoms with Crippen molar-refractivity contribution in [2.24, 2.45) is 11.8 Å². The van der Waals surface area contributed by atoms with Crippen molar-refractivity contribution in [2.45, 2.75) is 26.2 Å². The van der Waals surface area contributed by atoms with Crippen LogP contribution >= 0.6 is 11.6 Å². The lowest BCUT2D eigenvalue weighted by molar-refractivity contribution is -0.151. The van der Waals surface area contributed by atoms with Gasteiger partial charge in [-0.05, 0) is 37.0 Å². The standard InChI is InChI=1S/C23H26ClNO6/c1-12-11-16-20(21(26)17(12)22(27)30-4)19(14-5-7-15(24)8-6-14)18(13(2)25-16)23(28)31-10-9-29-3/h5-8,12,17,19,25H,9-11H2,1-4H3. The van der Waals surface area contributed by atoms with E-state index in [9.17, 15) is 14.4 Å². The van der Waals surface area contributed by atoms with Crippen molar-refractivity contribution >= 4 is 29.3 Å². The maximum atomic E-state index is 13.5. The van der Waals surface area contributed by atoms with Crippen molar-refractivity contribution in [3.8, 4) is 0 Å². The van der Waals surface area contributed by atoms with E-state index in [4.69, 9.17) is 25.8 Å². The van der Waals surface area contributed by atoms with E-state index in [0.717, 1.165) is 0 Å². The number of allylic oxidation sites excluding steroid dienone is 3. The van der Waals surface area contributed by atoms with Crippen molar-refractivity contribution in [1.82, 2.24) is 5.32 Å². The molecule has 1 N–H and O–H groups in total. The van der Waals surface area contributed by atoms with Gasteiger partial charge in [-0.1, -0.05) is 30.7 Å². The molecule has 1 aliphatic heterocycles. The lowest BCUT2D eigenvalue weighted by Crippen LogP contribution is -2.43. The first-order valence-electron chi connectivity index (χ1n) is 10.0. The minimum atomic E-state index is -0.926. The first kappa shape index (κ1) is 23.0. The van der Waals surface area contributed by atoms with Gasteiger partial charge in [0.15, 0.2) is 5.78 Å². The molecule has 0 spiro atoms. The Morgan fingerprint density at radius 2 is 1.84 bits per heavy atom. The summed E-state index contributed by atoms with van der Waals surface area (Å²) in [5, 5.41) is 3.75.